The Labute approximate surface area is 169 Å². The molecule has 150 valence electrons. The maximum atomic E-state index is 13.3. The molecule has 0 bridgehead atoms. The Morgan fingerprint density at radius 3 is 2.55 bits per heavy atom. The maximum Gasteiger partial charge on any atom is 0.279 e. The molecule has 1 aromatic heterocycles. The van der Waals surface area contributed by atoms with Crippen LogP contribution in [0.2, 0.25) is 0 Å². The van der Waals surface area contributed by atoms with Gasteiger partial charge in [-0.25, -0.2) is 0 Å². The number of hydrogen-bond donors (Lipinski definition) is 0. The molecule has 6 nitrogen and oxygen atoms in total. The first kappa shape index (κ1) is 19.2. The molecule has 1 amide bonds. The van der Waals surface area contributed by atoms with Gasteiger partial charge in [0, 0.05) is 18.5 Å². The first-order chi connectivity index (χ1) is 14.1. The number of carbonyl (C=O) groups excluding carboxylic acids is 1. The number of amides is 1. The SMILES string of the molecule is CCOc1ccc(-n2nc(C(=O)N3CCCC(C)C3)c3ccccc3c2=O)cc1. The van der Waals surface area contributed by atoms with E-state index >= 15 is 0 Å². The van der Waals surface area contributed by atoms with Gasteiger partial charge in [0.05, 0.1) is 17.7 Å². The van der Waals surface area contributed by atoms with Gasteiger partial charge in [0.15, 0.2) is 5.69 Å². The van der Waals surface area contributed by atoms with Crippen LogP contribution in [-0.2, 0) is 0 Å². The molecule has 1 fully saturated rings. The summed E-state index contributed by atoms with van der Waals surface area (Å²) in [6.07, 6.45) is 2.12. The molecule has 1 saturated heterocycles. The Hall–Kier alpha value is -3.15. The molecule has 6 heteroatoms. The second kappa shape index (κ2) is 8.07. The summed E-state index contributed by atoms with van der Waals surface area (Å²) in [4.78, 5) is 28.3. The van der Waals surface area contributed by atoms with Crippen molar-refractivity contribution in [1.82, 2.24) is 14.7 Å². The van der Waals surface area contributed by atoms with Crippen LogP contribution in [0.4, 0.5) is 0 Å². The molecule has 1 aliphatic heterocycles. The third-order valence-corrected chi connectivity index (χ3v) is 5.34. The van der Waals surface area contributed by atoms with E-state index in [0.717, 1.165) is 31.7 Å². The number of fused-ring (bicyclic) bond motifs is 1. The van der Waals surface area contributed by atoms with E-state index < -0.39 is 0 Å². The normalized spacial score (nSPS) is 16.8. The monoisotopic (exact) mass is 391 g/mol. The lowest BCUT2D eigenvalue weighted by Gasteiger charge is -2.31. The topological polar surface area (TPSA) is 64.4 Å². The Morgan fingerprint density at radius 1 is 1.14 bits per heavy atom. The second-order valence-electron chi connectivity index (χ2n) is 7.54. The molecule has 1 aliphatic rings. The minimum atomic E-state index is -0.242. The maximum absolute atomic E-state index is 13.3. The van der Waals surface area contributed by atoms with Gasteiger partial charge in [-0.1, -0.05) is 25.1 Å². The lowest BCUT2D eigenvalue weighted by molar-refractivity contribution is 0.0677. The number of aromatic nitrogens is 2. The fraction of sp³-hybridized carbons (Fsp3) is 0.348. The molecule has 4 rings (SSSR count). The lowest BCUT2D eigenvalue weighted by atomic mass is 9.99. The minimum Gasteiger partial charge on any atom is -0.494 e. The molecule has 0 spiro atoms. The number of nitrogens with zero attached hydrogens (tertiary/aromatic N) is 3. The predicted octanol–water partition coefficient (Wildman–Crippen LogP) is 3.66. The third-order valence-electron chi connectivity index (χ3n) is 5.34. The van der Waals surface area contributed by atoms with Crippen LogP contribution in [0, 0.1) is 5.92 Å². The molecule has 2 heterocycles. The van der Waals surface area contributed by atoms with Crippen LogP contribution in [0.1, 0.15) is 37.2 Å². The molecule has 2 aromatic carbocycles. The largest absolute Gasteiger partial charge is 0.494 e. The van der Waals surface area contributed by atoms with E-state index in [2.05, 4.69) is 12.0 Å². The van der Waals surface area contributed by atoms with Crippen molar-refractivity contribution in [2.24, 2.45) is 5.92 Å². The van der Waals surface area contributed by atoms with Crippen molar-refractivity contribution in [3.63, 3.8) is 0 Å². The Balaban J connectivity index is 1.83. The first-order valence-electron chi connectivity index (χ1n) is 10.1. The second-order valence-corrected chi connectivity index (χ2v) is 7.54. The van der Waals surface area contributed by atoms with Gasteiger partial charge in [0.2, 0.25) is 0 Å². The summed E-state index contributed by atoms with van der Waals surface area (Å²) in [6.45, 7) is 6.09. The number of hydrogen-bond acceptors (Lipinski definition) is 4. The van der Waals surface area contributed by atoms with Gasteiger partial charge < -0.3 is 9.64 Å². The molecular weight excluding hydrogens is 366 g/mol. The lowest BCUT2D eigenvalue weighted by Crippen LogP contribution is -2.40. The molecule has 1 atom stereocenters. The van der Waals surface area contributed by atoms with E-state index in [1.807, 2.05) is 24.0 Å². The minimum absolute atomic E-state index is 0.118. The summed E-state index contributed by atoms with van der Waals surface area (Å²) >= 11 is 0. The van der Waals surface area contributed by atoms with E-state index in [1.54, 1.807) is 36.4 Å². The van der Waals surface area contributed by atoms with Gasteiger partial charge in [-0.2, -0.15) is 9.78 Å². The fourth-order valence-corrected chi connectivity index (χ4v) is 3.90. The van der Waals surface area contributed by atoms with Crippen molar-refractivity contribution in [3.8, 4) is 11.4 Å². The van der Waals surface area contributed by atoms with Crippen molar-refractivity contribution in [2.75, 3.05) is 19.7 Å². The van der Waals surface area contributed by atoms with E-state index in [-0.39, 0.29) is 11.5 Å². The molecule has 0 radical (unpaired) electrons. The molecular formula is C23H25N3O3. The van der Waals surface area contributed by atoms with Crippen molar-refractivity contribution < 1.29 is 9.53 Å². The molecule has 0 N–H and O–H groups in total. The number of benzene rings is 2. The Kier molecular flexibility index (Phi) is 5.34. The summed E-state index contributed by atoms with van der Waals surface area (Å²) in [5.41, 5.74) is 0.682. The van der Waals surface area contributed by atoms with Gasteiger partial charge in [0.25, 0.3) is 11.5 Å². The van der Waals surface area contributed by atoms with Gasteiger partial charge in [-0.05, 0) is 56.0 Å². The third kappa shape index (κ3) is 3.75. The Bertz CT molecular complexity index is 1090. The quantitative estimate of drug-likeness (QED) is 0.681. The first-order valence-corrected chi connectivity index (χ1v) is 10.1. The van der Waals surface area contributed by atoms with Gasteiger partial charge >= 0.3 is 0 Å². The standard InChI is InChI=1S/C23H25N3O3/c1-3-29-18-12-10-17(11-13-18)26-22(27)20-9-5-4-8-19(20)21(24-26)23(28)25-14-6-7-16(2)15-25/h4-5,8-13,16H,3,6-7,14-15H2,1-2H3. The van der Waals surface area contributed by atoms with Gasteiger partial charge in [-0.3, -0.25) is 9.59 Å². The highest BCUT2D eigenvalue weighted by molar-refractivity contribution is 6.04. The zero-order chi connectivity index (χ0) is 20.4. The summed E-state index contributed by atoms with van der Waals surface area (Å²) < 4.78 is 6.80. The van der Waals surface area contributed by atoms with Crippen molar-refractivity contribution in [1.29, 1.82) is 0 Å². The van der Waals surface area contributed by atoms with Crippen LogP contribution in [-0.4, -0.2) is 40.3 Å². The highest BCUT2D eigenvalue weighted by Crippen LogP contribution is 2.22. The van der Waals surface area contributed by atoms with Crippen LogP contribution in [0.25, 0.3) is 16.5 Å². The number of rotatable bonds is 4. The molecule has 29 heavy (non-hydrogen) atoms. The zero-order valence-electron chi connectivity index (χ0n) is 16.8. The summed E-state index contributed by atoms with van der Waals surface area (Å²) in [7, 11) is 0. The van der Waals surface area contributed by atoms with Gasteiger partial charge in [-0.15, -0.1) is 0 Å². The van der Waals surface area contributed by atoms with Crippen molar-refractivity contribution in [2.45, 2.75) is 26.7 Å². The van der Waals surface area contributed by atoms with E-state index in [9.17, 15) is 9.59 Å². The van der Waals surface area contributed by atoms with Gasteiger partial charge in [0.1, 0.15) is 5.75 Å². The van der Waals surface area contributed by atoms with Crippen LogP contribution in [0.15, 0.2) is 53.3 Å². The number of piperidine rings is 1. The Morgan fingerprint density at radius 2 is 1.86 bits per heavy atom. The molecule has 3 aromatic rings. The molecule has 0 aliphatic carbocycles. The van der Waals surface area contributed by atoms with E-state index in [4.69, 9.17) is 4.74 Å². The summed E-state index contributed by atoms with van der Waals surface area (Å²) in [6, 6.07) is 14.4. The van der Waals surface area contributed by atoms with Crippen molar-refractivity contribution >= 4 is 16.7 Å². The molecule has 0 saturated carbocycles. The van der Waals surface area contributed by atoms with Crippen LogP contribution < -0.4 is 10.3 Å². The van der Waals surface area contributed by atoms with E-state index in [1.165, 1.54) is 4.68 Å². The number of ether oxygens (including phenoxy) is 1. The van der Waals surface area contributed by atoms with Crippen LogP contribution >= 0.6 is 0 Å². The fourth-order valence-electron chi connectivity index (χ4n) is 3.90. The summed E-state index contributed by atoms with van der Waals surface area (Å²) in [5, 5.41) is 5.61. The summed E-state index contributed by atoms with van der Waals surface area (Å²) in [5.74, 6) is 1.08. The zero-order valence-corrected chi connectivity index (χ0v) is 16.8. The van der Waals surface area contributed by atoms with Crippen LogP contribution in [0.5, 0.6) is 5.75 Å². The molecule has 1 unspecified atom stereocenters. The highest BCUT2D eigenvalue weighted by atomic mass is 16.5. The predicted molar refractivity (Wildman–Crippen MR) is 113 cm³/mol. The average molecular weight is 391 g/mol. The number of likely N-dealkylation sites (tertiary alicyclic amines) is 1. The van der Waals surface area contributed by atoms with E-state index in [0.29, 0.717) is 34.7 Å². The number of carbonyl (C=O) groups is 1. The van der Waals surface area contributed by atoms with Crippen LogP contribution in [0.3, 0.4) is 0 Å². The van der Waals surface area contributed by atoms with Crippen molar-refractivity contribution in [3.05, 3.63) is 64.6 Å². The highest BCUT2D eigenvalue weighted by Gasteiger charge is 2.26. The smallest absolute Gasteiger partial charge is 0.279 e. The average Bonchev–Trinajstić information content (AvgIpc) is 2.75.